The van der Waals surface area contributed by atoms with Crippen LogP contribution in [-0.4, -0.2) is 29.6 Å². The number of pyridine rings is 1. The second kappa shape index (κ2) is 5.95. The van der Waals surface area contributed by atoms with Crippen LogP contribution in [0.15, 0.2) is 16.7 Å². The van der Waals surface area contributed by atoms with Crippen LogP contribution in [0.2, 0.25) is 5.15 Å². The van der Waals surface area contributed by atoms with E-state index in [1.807, 2.05) is 0 Å². The number of nitrogens with one attached hydrogen (secondary N) is 2. The van der Waals surface area contributed by atoms with Crippen LogP contribution >= 0.6 is 27.5 Å². The lowest BCUT2D eigenvalue weighted by Gasteiger charge is -2.11. The molecule has 0 aliphatic carbocycles. The molecule has 1 fully saturated rings. The summed E-state index contributed by atoms with van der Waals surface area (Å²) in [5.41, 5.74) is 0.838. The van der Waals surface area contributed by atoms with E-state index in [2.05, 4.69) is 31.5 Å². The minimum absolute atomic E-state index is 0.195. The number of hydrogen-bond acceptors (Lipinski definition) is 3. The molecule has 0 bridgehead atoms. The van der Waals surface area contributed by atoms with E-state index in [1.165, 1.54) is 0 Å². The van der Waals surface area contributed by atoms with Gasteiger partial charge in [0.25, 0.3) is 0 Å². The molecule has 1 aromatic rings. The van der Waals surface area contributed by atoms with E-state index in [1.54, 1.807) is 12.1 Å². The molecule has 1 aromatic heterocycles. The van der Waals surface area contributed by atoms with E-state index in [9.17, 15) is 9.18 Å². The van der Waals surface area contributed by atoms with Gasteiger partial charge in [-0.2, -0.15) is 0 Å². The van der Waals surface area contributed by atoms with Crippen LogP contribution in [-0.2, 0) is 11.3 Å². The predicted octanol–water partition coefficient (Wildman–Crippen LogP) is 1.81. The smallest absolute Gasteiger partial charge is 0.237 e. The molecule has 1 aliphatic rings. The summed E-state index contributed by atoms with van der Waals surface area (Å²) in [6, 6.07) is 3.00. The molecule has 0 saturated carbocycles. The minimum Gasteiger partial charge on any atom is -0.351 e. The standard InChI is InChI=1S/C11H12BrClFN3O/c12-9-1-6(2-10(13)17-9)4-16-11(18)8-3-7(14)5-15-8/h1-2,7-8,15H,3-5H2,(H,16,18)/t7-,8+/m1/s1. The topological polar surface area (TPSA) is 54.0 Å². The molecule has 0 radical (unpaired) electrons. The van der Waals surface area contributed by atoms with Gasteiger partial charge in [0.1, 0.15) is 15.9 Å². The summed E-state index contributed by atoms with van der Waals surface area (Å²) in [6.07, 6.45) is -0.711. The van der Waals surface area contributed by atoms with Gasteiger partial charge in [0.2, 0.25) is 5.91 Å². The van der Waals surface area contributed by atoms with Crippen molar-refractivity contribution in [3.63, 3.8) is 0 Å². The molecule has 98 valence electrons. The van der Waals surface area contributed by atoms with Gasteiger partial charge in [-0.3, -0.25) is 4.79 Å². The molecule has 1 aliphatic heterocycles. The second-order valence-corrected chi connectivity index (χ2v) is 5.33. The van der Waals surface area contributed by atoms with Crippen LogP contribution < -0.4 is 10.6 Å². The summed E-state index contributed by atoms with van der Waals surface area (Å²) < 4.78 is 13.5. The third kappa shape index (κ3) is 3.63. The van der Waals surface area contributed by atoms with Crippen LogP contribution in [0.1, 0.15) is 12.0 Å². The predicted molar refractivity (Wildman–Crippen MR) is 70.1 cm³/mol. The SMILES string of the molecule is O=C(NCc1cc(Cl)nc(Br)c1)[C@@H]1C[C@@H](F)CN1. The van der Waals surface area contributed by atoms with Crippen molar-refractivity contribution >= 4 is 33.4 Å². The molecule has 0 aromatic carbocycles. The highest BCUT2D eigenvalue weighted by atomic mass is 79.9. The van der Waals surface area contributed by atoms with Gasteiger partial charge in [0, 0.05) is 19.5 Å². The lowest BCUT2D eigenvalue weighted by Crippen LogP contribution is -2.40. The Kier molecular flexibility index (Phi) is 4.53. The van der Waals surface area contributed by atoms with E-state index < -0.39 is 12.2 Å². The zero-order valence-corrected chi connectivity index (χ0v) is 11.8. The van der Waals surface area contributed by atoms with Crippen LogP contribution in [0, 0.1) is 0 Å². The Morgan fingerprint density at radius 3 is 3.06 bits per heavy atom. The Labute approximate surface area is 117 Å². The maximum Gasteiger partial charge on any atom is 0.237 e. The summed E-state index contributed by atoms with van der Waals surface area (Å²) >= 11 is 9.02. The quantitative estimate of drug-likeness (QED) is 0.828. The van der Waals surface area contributed by atoms with Crippen LogP contribution in [0.5, 0.6) is 0 Å². The van der Waals surface area contributed by atoms with Crippen LogP contribution in [0.3, 0.4) is 0 Å². The van der Waals surface area contributed by atoms with Crippen molar-refractivity contribution in [3.8, 4) is 0 Å². The Morgan fingerprint density at radius 1 is 1.67 bits per heavy atom. The van der Waals surface area contributed by atoms with Crippen LogP contribution in [0.4, 0.5) is 4.39 Å². The van der Waals surface area contributed by atoms with Crippen molar-refractivity contribution in [3.05, 3.63) is 27.5 Å². The van der Waals surface area contributed by atoms with E-state index >= 15 is 0 Å². The minimum atomic E-state index is -0.940. The molecule has 2 rings (SSSR count). The molecule has 2 N–H and O–H groups in total. The lowest BCUT2D eigenvalue weighted by molar-refractivity contribution is -0.123. The molecule has 4 nitrogen and oxygen atoms in total. The van der Waals surface area contributed by atoms with Gasteiger partial charge in [-0.1, -0.05) is 11.6 Å². The third-order valence-corrected chi connectivity index (χ3v) is 3.28. The number of alkyl halides is 1. The number of nitrogens with zero attached hydrogens (tertiary/aromatic N) is 1. The van der Waals surface area contributed by atoms with E-state index in [0.717, 1.165) is 5.56 Å². The maximum atomic E-state index is 12.9. The Morgan fingerprint density at radius 2 is 2.44 bits per heavy atom. The zero-order chi connectivity index (χ0) is 13.1. The van der Waals surface area contributed by atoms with Crippen molar-refractivity contribution < 1.29 is 9.18 Å². The first kappa shape index (κ1) is 13.7. The zero-order valence-electron chi connectivity index (χ0n) is 9.42. The number of halogens is 3. The van der Waals surface area contributed by atoms with Gasteiger partial charge in [-0.05, 0) is 33.6 Å². The number of amides is 1. The lowest BCUT2D eigenvalue weighted by atomic mass is 10.2. The Balaban J connectivity index is 1.89. The van der Waals surface area contributed by atoms with Crippen molar-refractivity contribution in [2.24, 2.45) is 0 Å². The molecule has 1 amide bonds. The molecule has 2 atom stereocenters. The van der Waals surface area contributed by atoms with Gasteiger partial charge in [-0.25, -0.2) is 9.37 Å². The van der Waals surface area contributed by atoms with Crippen molar-refractivity contribution in [1.29, 1.82) is 0 Å². The monoisotopic (exact) mass is 335 g/mol. The number of aromatic nitrogens is 1. The first-order chi connectivity index (χ1) is 8.54. The second-order valence-electron chi connectivity index (χ2n) is 4.13. The number of hydrogen-bond donors (Lipinski definition) is 2. The summed E-state index contributed by atoms with van der Waals surface area (Å²) in [6.45, 7) is 0.583. The number of carbonyl (C=O) groups excluding carboxylic acids is 1. The molecule has 7 heteroatoms. The van der Waals surface area contributed by atoms with Gasteiger partial charge in [-0.15, -0.1) is 0 Å². The highest BCUT2D eigenvalue weighted by Crippen LogP contribution is 2.15. The molecule has 18 heavy (non-hydrogen) atoms. The van der Waals surface area contributed by atoms with Crippen molar-refractivity contribution in [2.75, 3.05) is 6.54 Å². The van der Waals surface area contributed by atoms with Gasteiger partial charge >= 0.3 is 0 Å². The van der Waals surface area contributed by atoms with E-state index in [0.29, 0.717) is 16.3 Å². The first-order valence-electron chi connectivity index (χ1n) is 5.51. The largest absolute Gasteiger partial charge is 0.351 e. The van der Waals surface area contributed by atoms with Crippen LogP contribution in [0.25, 0.3) is 0 Å². The highest BCUT2D eigenvalue weighted by Gasteiger charge is 2.28. The fraction of sp³-hybridized carbons (Fsp3) is 0.455. The average molecular weight is 337 g/mol. The summed E-state index contributed by atoms with van der Waals surface area (Å²) in [7, 11) is 0. The normalized spacial score (nSPS) is 23.1. The molecule has 1 saturated heterocycles. The van der Waals surface area contributed by atoms with E-state index in [-0.39, 0.29) is 18.9 Å². The maximum absolute atomic E-state index is 12.9. The fourth-order valence-corrected chi connectivity index (χ4v) is 2.64. The molecule has 0 spiro atoms. The Bertz CT molecular complexity index is 440. The highest BCUT2D eigenvalue weighted by molar-refractivity contribution is 9.10. The fourth-order valence-electron chi connectivity index (χ4n) is 1.82. The molecule has 0 unspecified atom stereocenters. The summed E-state index contributed by atoms with van der Waals surface area (Å²) in [4.78, 5) is 15.7. The van der Waals surface area contributed by atoms with Crippen molar-refractivity contribution in [1.82, 2.24) is 15.6 Å². The summed E-state index contributed by atoms with van der Waals surface area (Å²) in [5.74, 6) is -0.195. The van der Waals surface area contributed by atoms with Gasteiger partial charge < -0.3 is 10.6 Å². The van der Waals surface area contributed by atoms with E-state index in [4.69, 9.17) is 11.6 Å². The Hall–Kier alpha value is -0.720. The van der Waals surface area contributed by atoms with Gasteiger partial charge in [0.05, 0.1) is 6.04 Å². The number of rotatable bonds is 3. The molecular weight excluding hydrogens is 324 g/mol. The molecular formula is C11H12BrClFN3O. The third-order valence-electron chi connectivity index (χ3n) is 2.68. The van der Waals surface area contributed by atoms with Gasteiger partial charge in [0.15, 0.2) is 0 Å². The molecule has 2 heterocycles. The average Bonchev–Trinajstić information content (AvgIpc) is 2.71. The first-order valence-corrected chi connectivity index (χ1v) is 6.69. The summed E-state index contributed by atoms with van der Waals surface area (Å²) in [5, 5.41) is 5.93. The van der Waals surface area contributed by atoms with Crippen molar-refractivity contribution in [2.45, 2.75) is 25.2 Å². The number of carbonyl (C=O) groups is 1.